The van der Waals surface area contributed by atoms with Crippen molar-refractivity contribution in [1.29, 1.82) is 0 Å². The van der Waals surface area contributed by atoms with Crippen LogP contribution in [0.5, 0.6) is 0 Å². The Balaban J connectivity index is 1.77. The molecule has 1 aromatic carbocycles. The Hall–Kier alpha value is -0.610. The largest absolute Gasteiger partial charge is 0.377 e. The van der Waals surface area contributed by atoms with Crippen molar-refractivity contribution in [2.24, 2.45) is 0 Å². The van der Waals surface area contributed by atoms with Crippen molar-refractivity contribution in [3.8, 4) is 0 Å². The average molecular weight is 311 g/mol. The monoisotopic (exact) mass is 310 g/mol. The van der Waals surface area contributed by atoms with Gasteiger partial charge >= 0.3 is 0 Å². The molecule has 1 aliphatic heterocycles. The SMILES string of the molecule is CC(CNCC1CCCO1)N(C)C(C)c1ccc(Cl)cc1. The van der Waals surface area contributed by atoms with Crippen molar-refractivity contribution in [3.63, 3.8) is 0 Å². The highest BCUT2D eigenvalue weighted by Crippen LogP contribution is 2.22. The van der Waals surface area contributed by atoms with Crippen LogP contribution in [0.1, 0.15) is 38.3 Å². The van der Waals surface area contributed by atoms with E-state index in [1.54, 1.807) is 0 Å². The van der Waals surface area contributed by atoms with Crippen LogP contribution < -0.4 is 5.32 Å². The van der Waals surface area contributed by atoms with E-state index in [0.717, 1.165) is 24.7 Å². The predicted octanol–water partition coefficient (Wildman–Crippen LogP) is 3.49. The van der Waals surface area contributed by atoms with Crippen molar-refractivity contribution in [2.45, 2.75) is 44.9 Å². The molecule has 0 radical (unpaired) electrons. The lowest BCUT2D eigenvalue weighted by molar-refractivity contribution is 0.106. The molecule has 4 heteroatoms. The van der Waals surface area contributed by atoms with Gasteiger partial charge in [-0.25, -0.2) is 0 Å². The molecule has 0 aromatic heterocycles. The summed E-state index contributed by atoms with van der Waals surface area (Å²) in [5.74, 6) is 0. The highest BCUT2D eigenvalue weighted by molar-refractivity contribution is 6.30. The molecule has 0 amide bonds. The normalized spacial score (nSPS) is 21.7. The molecular formula is C17H27ClN2O. The van der Waals surface area contributed by atoms with Gasteiger partial charge in [0.1, 0.15) is 0 Å². The summed E-state index contributed by atoms with van der Waals surface area (Å²) >= 11 is 5.95. The Morgan fingerprint density at radius 2 is 2.05 bits per heavy atom. The van der Waals surface area contributed by atoms with Gasteiger partial charge in [0.2, 0.25) is 0 Å². The van der Waals surface area contributed by atoms with E-state index >= 15 is 0 Å². The Kier molecular flexibility index (Phi) is 6.49. The summed E-state index contributed by atoms with van der Waals surface area (Å²) < 4.78 is 5.63. The fraction of sp³-hybridized carbons (Fsp3) is 0.647. The summed E-state index contributed by atoms with van der Waals surface area (Å²) in [5.41, 5.74) is 1.30. The van der Waals surface area contributed by atoms with E-state index < -0.39 is 0 Å². The molecule has 1 heterocycles. The summed E-state index contributed by atoms with van der Waals surface area (Å²) in [4.78, 5) is 2.39. The van der Waals surface area contributed by atoms with Crippen LogP contribution >= 0.6 is 11.6 Å². The van der Waals surface area contributed by atoms with Gasteiger partial charge in [0.05, 0.1) is 6.10 Å². The first-order valence-electron chi connectivity index (χ1n) is 7.87. The molecule has 0 aliphatic carbocycles. The standard InChI is InChI=1S/C17H27ClN2O/c1-13(11-19-12-17-5-4-10-21-17)20(3)14(2)15-6-8-16(18)9-7-15/h6-9,13-14,17,19H,4-5,10-12H2,1-3H3. The van der Waals surface area contributed by atoms with Crippen LogP contribution in [0.15, 0.2) is 24.3 Å². The van der Waals surface area contributed by atoms with Crippen molar-refractivity contribution in [1.82, 2.24) is 10.2 Å². The first kappa shape index (κ1) is 16.8. The smallest absolute Gasteiger partial charge is 0.0700 e. The highest BCUT2D eigenvalue weighted by atomic mass is 35.5. The maximum atomic E-state index is 5.95. The van der Waals surface area contributed by atoms with Crippen molar-refractivity contribution < 1.29 is 4.74 Å². The molecule has 3 nitrogen and oxygen atoms in total. The zero-order valence-corrected chi connectivity index (χ0v) is 14.1. The fourth-order valence-electron chi connectivity index (χ4n) is 2.76. The van der Waals surface area contributed by atoms with Gasteiger partial charge in [0.15, 0.2) is 0 Å². The molecule has 0 spiro atoms. The maximum Gasteiger partial charge on any atom is 0.0700 e. The third-order valence-electron chi connectivity index (χ3n) is 4.49. The molecule has 1 saturated heterocycles. The number of benzene rings is 1. The van der Waals surface area contributed by atoms with Gasteiger partial charge in [-0.05, 0) is 51.4 Å². The number of likely N-dealkylation sites (N-methyl/N-ethyl adjacent to an activating group) is 1. The second-order valence-electron chi connectivity index (χ2n) is 6.04. The topological polar surface area (TPSA) is 24.5 Å². The summed E-state index contributed by atoms with van der Waals surface area (Å²) in [6.07, 6.45) is 2.81. The minimum absolute atomic E-state index is 0.377. The third kappa shape index (κ3) is 4.96. The van der Waals surface area contributed by atoms with Crippen LogP contribution in [0.2, 0.25) is 5.02 Å². The van der Waals surface area contributed by atoms with Gasteiger partial charge in [-0.2, -0.15) is 0 Å². The summed E-state index contributed by atoms with van der Waals surface area (Å²) in [6, 6.07) is 8.98. The zero-order chi connectivity index (χ0) is 15.2. The van der Waals surface area contributed by atoms with E-state index in [4.69, 9.17) is 16.3 Å². The van der Waals surface area contributed by atoms with Gasteiger partial charge in [-0.15, -0.1) is 0 Å². The third-order valence-corrected chi connectivity index (χ3v) is 4.75. The minimum Gasteiger partial charge on any atom is -0.377 e. The van der Waals surface area contributed by atoms with Gasteiger partial charge in [0.25, 0.3) is 0 Å². The Labute approximate surface area is 133 Å². The van der Waals surface area contributed by atoms with E-state index in [-0.39, 0.29) is 0 Å². The van der Waals surface area contributed by atoms with Crippen molar-refractivity contribution in [2.75, 3.05) is 26.7 Å². The number of rotatable bonds is 7. The maximum absolute atomic E-state index is 5.95. The molecule has 21 heavy (non-hydrogen) atoms. The molecule has 2 rings (SSSR count). The molecule has 3 unspecified atom stereocenters. The number of ether oxygens (including phenoxy) is 1. The lowest BCUT2D eigenvalue weighted by atomic mass is 10.1. The minimum atomic E-state index is 0.377. The predicted molar refractivity (Wildman–Crippen MR) is 88.9 cm³/mol. The molecular weight excluding hydrogens is 284 g/mol. The first-order chi connectivity index (χ1) is 10.1. The highest BCUT2D eigenvalue weighted by Gasteiger charge is 2.19. The van der Waals surface area contributed by atoms with Crippen LogP contribution in [0.3, 0.4) is 0 Å². The van der Waals surface area contributed by atoms with Crippen LogP contribution in [-0.4, -0.2) is 43.8 Å². The Morgan fingerprint density at radius 3 is 2.67 bits per heavy atom. The van der Waals surface area contributed by atoms with E-state index in [1.807, 2.05) is 12.1 Å². The zero-order valence-electron chi connectivity index (χ0n) is 13.3. The molecule has 0 saturated carbocycles. The average Bonchev–Trinajstić information content (AvgIpc) is 2.99. The van der Waals surface area contributed by atoms with E-state index in [0.29, 0.717) is 18.2 Å². The van der Waals surface area contributed by atoms with Gasteiger partial charge < -0.3 is 10.1 Å². The molecule has 1 fully saturated rings. The summed E-state index contributed by atoms with van der Waals surface area (Å²) in [5, 5.41) is 4.33. The van der Waals surface area contributed by atoms with Crippen LogP contribution in [0, 0.1) is 0 Å². The summed E-state index contributed by atoms with van der Waals surface area (Å²) in [6.45, 7) is 7.37. The second kappa shape index (κ2) is 8.14. The van der Waals surface area contributed by atoms with Crippen molar-refractivity contribution in [3.05, 3.63) is 34.9 Å². The van der Waals surface area contributed by atoms with E-state index in [2.05, 4.69) is 43.2 Å². The lowest BCUT2D eigenvalue weighted by Gasteiger charge is -2.31. The second-order valence-corrected chi connectivity index (χ2v) is 6.47. The lowest BCUT2D eigenvalue weighted by Crippen LogP contribution is -2.41. The number of hydrogen-bond donors (Lipinski definition) is 1. The quantitative estimate of drug-likeness (QED) is 0.834. The fourth-order valence-corrected chi connectivity index (χ4v) is 2.89. The molecule has 0 bridgehead atoms. The van der Waals surface area contributed by atoms with Gasteiger partial charge in [0, 0.05) is 36.8 Å². The number of hydrogen-bond acceptors (Lipinski definition) is 3. The van der Waals surface area contributed by atoms with Gasteiger partial charge in [-0.3, -0.25) is 4.90 Å². The molecule has 1 aromatic rings. The molecule has 1 N–H and O–H groups in total. The van der Waals surface area contributed by atoms with E-state index in [1.165, 1.54) is 18.4 Å². The molecule has 118 valence electrons. The van der Waals surface area contributed by atoms with Crippen LogP contribution in [-0.2, 0) is 4.74 Å². The Bertz CT molecular complexity index is 417. The number of nitrogens with one attached hydrogen (secondary N) is 1. The van der Waals surface area contributed by atoms with Crippen molar-refractivity contribution >= 4 is 11.6 Å². The Morgan fingerprint density at radius 1 is 1.33 bits per heavy atom. The number of nitrogens with zero attached hydrogens (tertiary/aromatic N) is 1. The molecule has 1 aliphatic rings. The van der Waals surface area contributed by atoms with Crippen LogP contribution in [0.25, 0.3) is 0 Å². The molecule has 3 atom stereocenters. The van der Waals surface area contributed by atoms with Crippen LogP contribution in [0.4, 0.5) is 0 Å². The van der Waals surface area contributed by atoms with Gasteiger partial charge in [-0.1, -0.05) is 23.7 Å². The summed E-state index contributed by atoms with van der Waals surface area (Å²) in [7, 11) is 2.18. The number of halogens is 1. The first-order valence-corrected chi connectivity index (χ1v) is 8.25. The van der Waals surface area contributed by atoms with E-state index in [9.17, 15) is 0 Å².